The Morgan fingerprint density at radius 3 is 2.59 bits per heavy atom. The summed E-state index contributed by atoms with van der Waals surface area (Å²) in [6.07, 6.45) is 0. The monoisotopic (exact) mass is 385 g/mol. The second kappa shape index (κ2) is 7.42. The Bertz CT molecular complexity index is 989. The van der Waals surface area contributed by atoms with E-state index in [1.165, 1.54) is 17.4 Å². The van der Waals surface area contributed by atoms with Crippen LogP contribution in [0.4, 0.5) is 16.5 Å². The number of fused-ring (bicyclic) bond motifs is 1. The lowest BCUT2D eigenvalue weighted by molar-refractivity contribution is -0.384. The number of non-ortho nitro benzene ring substituents is 1. The molecule has 0 spiro atoms. The van der Waals surface area contributed by atoms with Crippen molar-refractivity contribution < 1.29 is 9.72 Å². The van der Waals surface area contributed by atoms with Crippen molar-refractivity contribution >= 4 is 44.0 Å². The van der Waals surface area contributed by atoms with E-state index in [0.717, 1.165) is 21.0 Å². The van der Waals surface area contributed by atoms with Crippen molar-refractivity contribution in [1.82, 2.24) is 9.47 Å². The van der Waals surface area contributed by atoms with Crippen molar-refractivity contribution in [2.45, 2.75) is 6.92 Å². The zero-order valence-corrected chi connectivity index (χ0v) is 16.3. The average molecular weight is 385 g/mol. The van der Waals surface area contributed by atoms with Crippen LogP contribution in [0.5, 0.6) is 0 Å². The Morgan fingerprint density at radius 2 is 1.96 bits per heavy atom. The maximum Gasteiger partial charge on any atom is 0.315 e. The second-order valence-corrected chi connectivity index (χ2v) is 7.61. The average Bonchev–Trinajstić information content (AvgIpc) is 3.09. The molecule has 0 fully saturated rings. The lowest BCUT2D eigenvalue weighted by atomic mass is 10.2. The van der Waals surface area contributed by atoms with Gasteiger partial charge in [0.05, 0.1) is 35.7 Å². The van der Waals surface area contributed by atoms with Gasteiger partial charge in [-0.05, 0) is 18.2 Å². The van der Waals surface area contributed by atoms with E-state index < -0.39 is 4.92 Å². The largest absolute Gasteiger partial charge is 0.345 e. The zero-order chi connectivity index (χ0) is 19.6. The molecule has 27 heavy (non-hydrogen) atoms. The van der Waals surface area contributed by atoms with Crippen molar-refractivity contribution in [3.63, 3.8) is 0 Å². The number of carbonyl (C=O) groups excluding carboxylic acids is 1. The van der Waals surface area contributed by atoms with E-state index in [9.17, 15) is 14.9 Å². The van der Waals surface area contributed by atoms with Crippen LogP contribution in [0.2, 0.25) is 0 Å². The molecule has 1 atom stereocenters. The lowest BCUT2D eigenvalue weighted by Gasteiger charge is -2.31. The van der Waals surface area contributed by atoms with Crippen LogP contribution < -0.4 is 9.38 Å². The summed E-state index contributed by atoms with van der Waals surface area (Å²) in [4.78, 5) is 29.4. The molecule has 0 saturated carbocycles. The van der Waals surface area contributed by atoms with Crippen molar-refractivity contribution in [3.05, 3.63) is 58.6 Å². The van der Waals surface area contributed by atoms with Crippen LogP contribution in [-0.2, 0) is 4.79 Å². The molecule has 0 aliphatic carbocycles. The van der Waals surface area contributed by atoms with E-state index in [-0.39, 0.29) is 16.1 Å². The summed E-state index contributed by atoms with van der Waals surface area (Å²) in [6.45, 7) is 2.81. The number of quaternary nitrogens is 1. The number of nitrogens with zero attached hydrogens (tertiary/aromatic N) is 4. The first-order valence-corrected chi connectivity index (χ1v) is 9.31. The fourth-order valence-corrected chi connectivity index (χ4v) is 3.83. The number of hydrogen-bond acceptors (Lipinski definition) is 6. The highest BCUT2D eigenvalue weighted by Gasteiger charge is 2.31. The predicted molar refractivity (Wildman–Crippen MR) is 109 cm³/mol. The van der Waals surface area contributed by atoms with Crippen molar-refractivity contribution in [3.8, 4) is 0 Å². The van der Waals surface area contributed by atoms with Crippen LogP contribution in [0.1, 0.15) is 6.92 Å². The van der Waals surface area contributed by atoms with Gasteiger partial charge in [0.15, 0.2) is 5.13 Å². The third kappa shape index (κ3) is 3.81. The predicted octanol–water partition coefficient (Wildman–Crippen LogP) is 3.82. The van der Waals surface area contributed by atoms with Gasteiger partial charge < -0.3 is 4.90 Å². The van der Waals surface area contributed by atoms with Gasteiger partial charge >= 0.3 is 5.91 Å². The first-order chi connectivity index (χ1) is 12.8. The lowest BCUT2D eigenvalue weighted by Crippen LogP contribution is -2.52. The number of likely N-dealkylation sites (N-methyl/N-ethyl adjacent to an activating group) is 2. The van der Waals surface area contributed by atoms with Crippen LogP contribution >= 0.6 is 11.3 Å². The molecule has 1 heterocycles. The van der Waals surface area contributed by atoms with Crippen molar-refractivity contribution in [2.75, 3.05) is 32.1 Å². The Balaban J connectivity index is 1.80. The summed E-state index contributed by atoms with van der Waals surface area (Å²) in [5.74, 6) is 0.0644. The van der Waals surface area contributed by atoms with Gasteiger partial charge in [-0.3, -0.25) is 10.1 Å². The molecule has 1 amide bonds. The van der Waals surface area contributed by atoms with E-state index in [0.29, 0.717) is 13.1 Å². The molecule has 3 aromatic rings. The Morgan fingerprint density at radius 1 is 1.26 bits per heavy atom. The molecular weight excluding hydrogens is 364 g/mol. The Labute approximate surface area is 161 Å². The molecule has 3 rings (SSSR count). The first kappa shape index (κ1) is 18.9. The fourth-order valence-electron chi connectivity index (χ4n) is 2.85. The van der Waals surface area contributed by atoms with E-state index in [2.05, 4.69) is 4.98 Å². The molecule has 140 valence electrons. The Kier molecular flexibility index (Phi) is 5.20. The number of aromatic nitrogens is 1. The maximum atomic E-state index is 12.3. The topological polar surface area (TPSA) is 76.3 Å². The minimum atomic E-state index is -0.405. The summed E-state index contributed by atoms with van der Waals surface area (Å²) in [5, 5.41) is 11.7. The van der Waals surface area contributed by atoms with E-state index >= 15 is 0 Å². The molecule has 0 bridgehead atoms. The molecule has 0 aliphatic rings. The molecule has 0 aliphatic heterocycles. The van der Waals surface area contributed by atoms with Gasteiger partial charge in [0.25, 0.3) is 5.69 Å². The van der Waals surface area contributed by atoms with Gasteiger partial charge in [0.2, 0.25) is 0 Å². The standard InChI is InChI=1S/C19H21N4O3S/c1-14(24)23(3,16-7-5-4-6-8-16)12-11-21(2)19-20-17-10-9-15(22(25)26)13-18(17)27-19/h4-10,13H,11-12H2,1-3H3/q+1. The highest BCUT2D eigenvalue weighted by Crippen LogP contribution is 2.31. The molecule has 0 N–H and O–H groups in total. The minimum Gasteiger partial charge on any atom is -0.345 e. The number of para-hydroxylation sites is 1. The number of nitro groups is 1. The van der Waals surface area contributed by atoms with E-state index in [1.807, 2.05) is 49.3 Å². The van der Waals surface area contributed by atoms with Gasteiger partial charge in [-0.15, -0.1) is 0 Å². The third-order valence-corrected chi connectivity index (χ3v) is 5.93. The van der Waals surface area contributed by atoms with Gasteiger partial charge in [-0.1, -0.05) is 29.5 Å². The number of amides is 1. The number of benzene rings is 2. The van der Waals surface area contributed by atoms with E-state index in [4.69, 9.17) is 0 Å². The minimum absolute atomic E-state index is 0.0604. The van der Waals surface area contributed by atoms with Crippen LogP contribution in [0, 0.1) is 10.1 Å². The van der Waals surface area contributed by atoms with Gasteiger partial charge in [0.1, 0.15) is 12.2 Å². The Hall–Kier alpha value is -2.84. The first-order valence-electron chi connectivity index (χ1n) is 8.49. The zero-order valence-electron chi connectivity index (χ0n) is 15.5. The SMILES string of the molecule is CC(=O)[N+](C)(CCN(C)c1nc2ccc([N+](=O)[O-])cc2s1)c1ccccc1. The van der Waals surface area contributed by atoms with Gasteiger partial charge in [-0.25, -0.2) is 14.3 Å². The van der Waals surface area contributed by atoms with Crippen LogP contribution in [0.25, 0.3) is 10.2 Å². The number of rotatable bonds is 6. The number of thiazole rings is 1. The van der Waals surface area contributed by atoms with Crippen LogP contribution in [-0.4, -0.2) is 43.0 Å². The number of hydrogen-bond donors (Lipinski definition) is 0. The van der Waals surface area contributed by atoms with Crippen LogP contribution in [0.3, 0.4) is 0 Å². The van der Waals surface area contributed by atoms with E-state index in [1.54, 1.807) is 19.1 Å². The summed E-state index contributed by atoms with van der Waals surface area (Å²) >= 11 is 1.41. The highest BCUT2D eigenvalue weighted by molar-refractivity contribution is 7.22. The van der Waals surface area contributed by atoms with Gasteiger partial charge in [0, 0.05) is 19.2 Å². The molecule has 1 aromatic heterocycles. The molecule has 1 unspecified atom stereocenters. The summed E-state index contributed by atoms with van der Waals surface area (Å²) < 4.78 is 0.972. The van der Waals surface area contributed by atoms with Crippen LogP contribution in [0.15, 0.2) is 48.5 Å². The smallest absolute Gasteiger partial charge is 0.315 e. The van der Waals surface area contributed by atoms with Gasteiger partial charge in [-0.2, -0.15) is 0 Å². The normalized spacial score (nSPS) is 13.3. The maximum absolute atomic E-state index is 12.3. The third-order valence-electron chi connectivity index (χ3n) is 4.80. The molecule has 2 aromatic carbocycles. The molecule has 0 radical (unpaired) electrons. The second-order valence-electron chi connectivity index (χ2n) is 6.60. The number of anilines is 1. The molecule has 8 heteroatoms. The number of nitro benzene ring substituents is 1. The molecular formula is C19H21N4O3S+. The highest BCUT2D eigenvalue weighted by atomic mass is 32.1. The molecule has 7 nitrogen and oxygen atoms in total. The molecule has 0 saturated heterocycles. The van der Waals surface area contributed by atoms with Crippen molar-refractivity contribution in [1.29, 1.82) is 0 Å². The fraction of sp³-hybridized carbons (Fsp3) is 0.263. The van der Waals surface area contributed by atoms with Crippen molar-refractivity contribution in [2.24, 2.45) is 0 Å². The summed E-state index contributed by atoms with van der Waals surface area (Å²) in [5.41, 5.74) is 1.74. The number of carbonyl (C=O) groups is 1. The quantitative estimate of drug-likeness (QED) is 0.366. The summed E-state index contributed by atoms with van der Waals surface area (Å²) in [7, 11) is 3.83. The summed E-state index contributed by atoms with van der Waals surface area (Å²) in [6, 6.07) is 14.4.